The number of rotatable bonds is 2. The SMILES string of the molecule is NC1CCC(S(=O)(=O)CF)C1. The molecular weight excluding hydrogens is 169 g/mol. The number of hydrogen-bond acceptors (Lipinski definition) is 3. The summed E-state index contributed by atoms with van der Waals surface area (Å²) < 4.78 is 33.8. The first-order chi connectivity index (χ1) is 5.06. The van der Waals surface area contributed by atoms with Crippen molar-refractivity contribution in [3.63, 3.8) is 0 Å². The van der Waals surface area contributed by atoms with Crippen LogP contribution < -0.4 is 5.73 Å². The molecule has 5 heteroatoms. The zero-order valence-electron chi connectivity index (χ0n) is 6.16. The van der Waals surface area contributed by atoms with Crippen molar-refractivity contribution in [2.45, 2.75) is 30.6 Å². The lowest BCUT2D eigenvalue weighted by atomic mass is 10.3. The van der Waals surface area contributed by atoms with Gasteiger partial charge in [0.25, 0.3) is 0 Å². The van der Waals surface area contributed by atoms with Crippen molar-refractivity contribution in [1.29, 1.82) is 0 Å². The Labute approximate surface area is 65.7 Å². The largest absolute Gasteiger partial charge is 0.328 e. The van der Waals surface area contributed by atoms with Gasteiger partial charge in [0.05, 0.1) is 5.25 Å². The molecule has 0 radical (unpaired) electrons. The van der Waals surface area contributed by atoms with E-state index in [9.17, 15) is 12.8 Å². The lowest BCUT2D eigenvalue weighted by Crippen LogP contribution is -2.22. The monoisotopic (exact) mass is 181 g/mol. The molecule has 0 heterocycles. The summed E-state index contributed by atoms with van der Waals surface area (Å²) in [5, 5.41) is -0.525. The number of alkyl halides is 1. The van der Waals surface area contributed by atoms with Crippen LogP contribution in [-0.2, 0) is 9.84 Å². The number of halogens is 1. The summed E-state index contributed by atoms with van der Waals surface area (Å²) in [6.45, 7) is 0. The predicted octanol–water partition coefficient (Wildman–Crippen LogP) is 0.208. The van der Waals surface area contributed by atoms with Crippen LogP contribution in [0.5, 0.6) is 0 Å². The summed E-state index contributed by atoms with van der Waals surface area (Å²) >= 11 is 0. The van der Waals surface area contributed by atoms with Crippen molar-refractivity contribution < 1.29 is 12.8 Å². The molecule has 2 atom stereocenters. The van der Waals surface area contributed by atoms with Gasteiger partial charge in [-0.25, -0.2) is 12.8 Å². The number of hydrogen-bond donors (Lipinski definition) is 1. The van der Waals surface area contributed by atoms with Crippen LogP contribution in [0.15, 0.2) is 0 Å². The molecule has 66 valence electrons. The van der Waals surface area contributed by atoms with Crippen molar-refractivity contribution in [2.24, 2.45) is 5.73 Å². The molecule has 11 heavy (non-hydrogen) atoms. The third kappa shape index (κ3) is 1.90. The van der Waals surface area contributed by atoms with E-state index >= 15 is 0 Å². The lowest BCUT2D eigenvalue weighted by molar-refractivity contribution is 0.522. The van der Waals surface area contributed by atoms with Crippen molar-refractivity contribution in [3.8, 4) is 0 Å². The third-order valence-corrected chi connectivity index (χ3v) is 3.83. The highest BCUT2D eigenvalue weighted by atomic mass is 32.2. The van der Waals surface area contributed by atoms with Gasteiger partial charge in [0.2, 0.25) is 0 Å². The standard InChI is InChI=1S/C6H12FNO2S/c7-4-11(9,10)6-2-1-5(8)3-6/h5-6H,1-4,8H2. The summed E-state index contributed by atoms with van der Waals surface area (Å²) in [5.41, 5.74) is 5.49. The zero-order chi connectivity index (χ0) is 8.48. The second-order valence-corrected chi connectivity index (χ2v) is 5.18. The van der Waals surface area contributed by atoms with Crippen LogP contribution in [0.2, 0.25) is 0 Å². The Morgan fingerprint density at radius 3 is 2.45 bits per heavy atom. The highest BCUT2D eigenvalue weighted by molar-refractivity contribution is 7.91. The van der Waals surface area contributed by atoms with E-state index in [0.29, 0.717) is 19.3 Å². The van der Waals surface area contributed by atoms with Crippen LogP contribution in [0.25, 0.3) is 0 Å². The molecule has 0 saturated heterocycles. The Hall–Kier alpha value is -0.160. The van der Waals surface area contributed by atoms with Crippen LogP contribution in [-0.4, -0.2) is 25.7 Å². The van der Waals surface area contributed by atoms with Crippen LogP contribution in [0, 0.1) is 0 Å². The number of sulfone groups is 1. The van der Waals surface area contributed by atoms with Gasteiger partial charge >= 0.3 is 0 Å². The predicted molar refractivity (Wildman–Crippen MR) is 40.5 cm³/mol. The first kappa shape index (κ1) is 8.93. The van der Waals surface area contributed by atoms with E-state index in [2.05, 4.69) is 0 Å². The molecule has 0 amide bonds. The minimum absolute atomic E-state index is 0.0543. The lowest BCUT2D eigenvalue weighted by Gasteiger charge is -2.06. The van der Waals surface area contributed by atoms with Gasteiger partial charge in [0.15, 0.2) is 15.8 Å². The highest BCUT2D eigenvalue weighted by Crippen LogP contribution is 2.24. The van der Waals surface area contributed by atoms with Gasteiger partial charge in [-0.3, -0.25) is 0 Å². The molecule has 1 saturated carbocycles. The Kier molecular flexibility index (Phi) is 2.49. The molecule has 0 aromatic rings. The normalized spacial score (nSPS) is 32.5. The van der Waals surface area contributed by atoms with Gasteiger partial charge in [-0.1, -0.05) is 0 Å². The fourth-order valence-corrected chi connectivity index (χ4v) is 2.60. The van der Waals surface area contributed by atoms with E-state index in [1.165, 1.54) is 0 Å². The first-order valence-corrected chi connectivity index (χ1v) is 5.31. The van der Waals surface area contributed by atoms with Crippen molar-refractivity contribution in [3.05, 3.63) is 0 Å². The maximum atomic E-state index is 11.9. The minimum atomic E-state index is -3.48. The first-order valence-electron chi connectivity index (χ1n) is 3.59. The van der Waals surface area contributed by atoms with Gasteiger partial charge in [-0.2, -0.15) is 0 Å². The second kappa shape index (κ2) is 3.06. The summed E-state index contributed by atoms with van der Waals surface area (Å²) in [6, 6.07) is -1.30. The molecule has 0 aliphatic heterocycles. The van der Waals surface area contributed by atoms with Crippen LogP contribution in [0.3, 0.4) is 0 Å². The average Bonchev–Trinajstić information content (AvgIpc) is 2.36. The van der Waals surface area contributed by atoms with Gasteiger partial charge in [-0.05, 0) is 19.3 Å². The van der Waals surface area contributed by atoms with E-state index in [-0.39, 0.29) is 6.04 Å². The molecule has 0 aromatic carbocycles. The van der Waals surface area contributed by atoms with Crippen molar-refractivity contribution in [1.82, 2.24) is 0 Å². The molecule has 1 aliphatic carbocycles. The van der Waals surface area contributed by atoms with Crippen molar-refractivity contribution in [2.75, 3.05) is 6.01 Å². The fourth-order valence-electron chi connectivity index (χ4n) is 1.39. The van der Waals surface area contributed by atoms with Gasteiger partial charge in [0.1, 0.15) is 0 Å². The Balaban J connectivity index is 2.64. The summed E-state index contributed by atoms with van der Waals surface area (Å²) in [6.07, 6.45) is 1.64. The Bertz CT molecular complexity index is 227. The molecule has 1 aliphatic rings. The Morgan fingerprint density at radius 2 is 2.09 bits per heavy atom. The minimum Gasteiger partial charge on any atom is -0.328 e. The molecular formula is C6H12FNO2S. The summed E-state index contributed by atoms with van der Waals surface area (Å²) in [7, 11) is -3.48. The van der Waals surface area contributed by atoms with E-state index in [1.54, 1.807) is 0 Å². The second-order valence-electron chi connectivity index (χ2n) is 2.97. The van der Waals surface area contributed by atoms with Crippen molar-refractivity contribution >= 4 is 9.84 Å². The van der Waals surface area contributed by atoms with Crippen LogP contribution >= 0.6 is 0 Å². The summed E-state index contributed by atoms with van der Waals surface area (Å²) in [4.78, 5) is 0. The molecule has 3 nitrogen and oxygen atoms in total. The maximum Gasteiger partial charge on any atom is 0.191 e. The smallest absolute Gasteiger partial charge is 0.191 e. The van der Waals surface area contributed by atoms with Crippen LogP contribution in [0.1, 0.15) is 19.3 Å². The van der Waals surface area contributed by atoms with Crippen LogP contribution in [0.4, 0.5) is 4.39 Å². The Morgan fingerprint density at radius 1 is 1.45 bits per heavy atom. The molecule has 2 N–H and O–H groups in total. The summed E-state index contributed by atoms with van der Waals surface area (Å²) in [5.74, 6) is 0. The van der Waals surface area contributed by atoms with Gasteiger partial charge in [-0.15, -0.1) is 0 Å². The van der Waals surface area contributed by atoms with E-state index in [0.717, 1.165) is 0 Å². The highest BCUT2D eigenvalue weighted by Gasteiger charge is 2.32. The average molecular weight is 181 g/mol. The fraction of sp³-hybridized carbons (Fsp3) is 1.00. The van der Waals surface area contributed by atoms with E-state index < -0.39 is 21.1 Å². The molecule has 1 rings (SSSR count). The maximum absolute atomic E-state index is 11.9. The third-order valence-electron chi connectivity index (χ3n) is 2.09. The van der Waals surface area contributed by atoms with E-state index in [4.69, 9.17) is 5.73 Å². The topological polar surface area (TPSA) is 60.2 Å². The van der Waals surface area contributed by atoms with E-state index in [1.807, 2.05) is 0 Å². The molecule has 2 unspecified atom stereocenters. The quantitative estimate of drug-likeness (QED) is 0.662. The molecule has 0 bridgehead atoms. The van der Waals surface area contributed by atoms with Gasteiger partial charge < -0.3 is 5.73 Å². The molecule has 0 spiro atoms. The molecule has 0 aromatic heterocycles. The molecule has 1 fully saturated rings. The van der Waals surface area contributed by atoms with Gasteiger partial charge in [0, 0.05) is 6.04 Å². The number of nitrogens with two attached hydrogens (primary N) is 1. The zero-order valence-corrected chi connectivity index (χ0v) is 6.98.